The van der Waals surface area contributed by atoms with E-state index in [2.05, 4.69) is 65.4 Å². The number of hydrogen-bond acceptors (Lipinski definition) is 12. The number of aliphatic hydroxyl groups excluding tert-OH is 3. The maximum Gasteiger partial charge on any atom is 0.472 e. The van der Waals surface area contributed by atoms with Gasteiger partial charge in [-0.2, -0.15) is 0 Å². The van der Waals surface area contributed by atoms with Crippen LogP contribution < -0.4 is 0 Å². The van der Waals surface area contributed by atoms with Gasteiger partial charge in [0.05, 0.1) is 32.0 Å². The van der Waals surface area contributed by atoms with E-state index in [0.717, 1.165) is 70.6 Å². The third-order valence-corrected chi connectivity index (χ3v) is 11.0. The van der Waals surface area contributed by atoms with Gasteiger partial charge in [0.15, 0.2) is 6.10 Å². The average molecular weight is 937 g/mol. The molecule has 0 amide bonds. The molecule has 0 aliphatic heterocycles. The van der Waals surface area contributed by atoms with E-state index in [9.17, 15) is 38.9 Å². The number of phosphoric acid groups is 2. The molecular weight excluding hydrogens is 854 g/mol. The molecule has 6 N–H and O–H groups in total. The lowest BCUT2D eigenvalue weighted by Crippen LogP contribution is -2.30. The lowest BCUT2D eigenvalue weighted by Gasteiger charge is -2.20. The van der Waals surface area contributed by atoms with Gasteiger partial charge in [-0.15, -0.1) is 0 Å². The van der Waals surface area contributed by atoms with Crippen LogP contribution in [0.2, 0.25) is 0 Å². The minimum absolute atomic E-state index is 0.0598. The van der Waals surface area contributed by atoms with Crippen LogP contribution >= 0.6 is 15.6 Å². The fraction of sp³-hybridized carbons (Fsp3) is 0.739. The summed E-state index contributed by atoms with van der Waals surface area (Å²) < 4.78 is 47.6. The van der Waals surface area contributed by atoms with Crippen molar-refractivity contribution in [3.8, 4) is 0 Å². The van der Waals surface area contributed by atoms with Gasteiger partial charge in [-0.25, -0.2) is 9.13 Å². The Bertz CT molecular complexity index is 1380. The van der Waals surface area contributed by atoms with Gasteiger partial charge in [-0.1, -0.05) is 132 Å². The fourth-order valence-electron chi connectivity index (χ4n) is 5.89. The molecule has 63 heavy (non-hydrogen) atoms. The van der Waals surface area contributed by atoms with E-state index >= 15 is 0 Å². The SMILES string of the molecule is CCCCC/C=C\C/C=C\C/C=C\CC(O)C(O)CCCC(=O)OC[C@H](COP(=O)(O)OC[C@@H](O)COP(=O)(O)O)OC(=O)CCCCCCCCC/C=C\C/C=C\CCCCC. The van der Waals surface area contributed by atoms with Crippen molar-refractivity contribution in [1.29, 1.82) is 0 Å². The molecule has 5 atom stereocenters. The zero-order valence-electron chi connectivity index (χ0n) is 38.1. The quantitative estimate of drug-likeness (QED) is 0.0144. The largest absolute Gasteiger partial charge is 0.472 e. The first-order valence-corrected chi connectivity index (χ1v) is 26.2. The first kappa shape index (κ1) is 60.7. The maximum atomic E-state index is 12.7. The van der Waals surface area contributed by atoms with E-state index < -0.39 is 78.4 Å². The molecule has 17 heteroatoms. The lowest BCUT2D eigenvalue weighted by atomic mass is 10.0. The van der Waals surface area contributed by atoms with Crippen LogP contribution in [-0.2, 0) is 41.8 Å². The molecule has 0 saturated heterocycles. The fourth-order valence-corrected chi connectivity index (χ4v) is 7.05. The van der Waals surface area contributed by atoms with Crippen molar-refractivity contribution >= 4 is 27.6 Å². The summed E-state index contributed by atoms with van der Waals surface area (Å²) in [5.74, 6) is -1.33. The van der Waals surface area contributed by atoms with Gasteiger partial charge in [0.25, 0.3) is 0 Å². The first-order valence-electron chi connectivity index (χ1n) is 23.1. The Hall–Kier alpha value is -2.26. The summed E-state index contributed by atoms with van der Waals surface area (Å²) in [6, 6.07) is 0. The number of esters is 2. The Morgan fingerprint density at radius 1 is 0.508 bits per heavy atom. The second kappa shape index (κ2) is 41.2. The van der Waals surface area contributed by atoms with Crippen LogP contribution in [0.5, 0.6) is 0 Å². The van der Waals surface area contributed by atoms with E-state index in [-0.39, 0.29) is 32.1 Å². The number of unbranched alkanes of at least 4 members (excludes halogenated alkanes) is 13. The summed E-state index contributed by atoms with van der Waals surface area (Å²) in [7, 11) is -9.78. The predicted octanol–water partition coefficient (Wildman–Crippen LogP) is 9.95. The molecule has 0 rings (SSSR count). The molecule has 0 bridgehead atoms. The number of phosphoric ester groups is 2. The van der Waals surface area contributed by atoms with Gasteiger partial charge in [-0.3, -0.25) is 23.2 Å². The molecule has 0 fully saturated rings. The van der Waals surface area contributed by atoms with Gasteiger partial charge >= 0.3 is 27.6 Å². The van der Waals surface area contributed by atoms with Gasteiger partial charge in [0.2, 0.25) is 0 Å². The molecule has 3 unspecified atom stereocenters. The summed E-state index contributed by atoms with van der Waals surface area (Å²) in [5.41, 5.74) is 0. The molecular formula is C46H82O15P2. The Morgan fingerprint density at radius 2 is 0.968 bits per heavy atom. The molecule has 0 saturated carbocycles. The third kappa shape index (κ3) is 43.4. The number of allylic oxidation sites excluding steroid dienone is 9. The molecule has 0 aliphatic carbocycles. The van der Waals surface area contributed by atoms with Crippen molar-refractivity contribution in [3.63, 3.8) is 0 Å². The first-order chi connectivity index (χ1) is 30.2. The zero-order chi connectivity index (χ0) is 46.9. The lowest BCUT2D eigenvalue weighted by molar-refractivity contribution is -0.161. The molecule has 0 spiro atoms. The number of hydrogen-bond donors (Lipinski definition) is 6. The summed E-state index contributed by atoms with van der Waals surface area (Å²) in [6.45, 7) is 1.37. The number of carbonyl (C=O) groups is 2. The van der Waals surface area contributed by atoms with Crippen LogP contribution in [0.25, 0.3) is 0 Å². The highest BCUT2D eigenvalue weighted by atomic mass is 31.2. The third-order valence-electron chi connectivity index (χ3n) is 9.57. The van der Waals surface area contributed by atoms with Crippen molar-refractivity contribution in [2.24, 2.45) is 0 Å². The highest BCUT2D eigenvalue weighted by Gasteiger charge is 2.28. The average Bonchev–Trinajstić information content (AvgIpc) is 3.24. The summed E-state index contributed by atoms with van der Waals surface area (Å²) in [6.07, 6.45) is 36.6. The molecule has 0 aromatic heterocycles. The topological polar surface area (TPSA) is 236 Å². The van der Waals surface area contributed by atoms with E-state index in [1.165, 1.54) is 38.5 Å². The highest BCUT2D eigenvalue weighted by molar-refractivity contribution is 7.47. The van der Waals surface area contributed by atoms with E-state index in [4.69, 9.17) is 23.8 Å². The zero-order valence-corrected chi connectivity index (χ0v) is 39.9. The van der Waals surface area contributed by atoms with E-state index in [1.807, 2.05) is 12.2 Å². The normalized spacial score (nSPS) is 15.5. The predicted molar refractivity (Wildman–Crippen MR) is 246 cm³/mol. The van der Waals surface area contributed by atoms with Crippen LogP contribution in [0.3, 0.4) is 0 Å². The van der Waals surface area contributed by atoms with Crippen molar-refractivity contribution in [2.75, 3.05) is 26.4 Å². The summed E-state index contributed by atoms with van der Waals surface area (Å²) in [5, 5.41) is 30.5. The molecule has 15 nitrogen and oxygen atoms in total. The molecule has 0 aromatic carbocycles. The number of ether oxygens (including phenoxy) is 2. The van der Waals surface area contributed by atoms with E-state index in [1.54, 1.807) is 6.08 Å². The summed E-state index contributed by atoms with van der Waals surface area (Å²) in [4.78, 5) is 52.8. The smallest absolute Gasteiger partial charge is 0.462 e. The molecule has 366 valence electrons. The Morgan fingerprint density at radius 3 is 1.52 bits per heavy atom. The molecule has 0 aromatic rings. The van der Waals surface area contributed by atoms with Crippen LogP contribution in [0.4, 0.5) is 0 Å². The van der Waals surface area contributed by atoms with Crippen molar-refractivity contribution < 1.29 is 71.8 Å². The molecule has 0 aliphatic rings. The van der Waals surface area contributed by atoms with Crippen molar-refractivity contribution in [1.82, 2.24) is 0 Å². The van der Waals surface area contributed by atoms with Crippen LogP contribution in [0.1, 0.15) is 168 Å². The second-order valence-electron chi connectivity index (χ2n) is 15.6. The standard InChI is InChI=1S/C46H82O15P2/c1-3-5-7-9-11-13-15-17-18-19-20-21-23-25-27-29-31-35-46(51)61-42(40-60-63(55,56)59-38-41(47)37-58-62(52,53)54)39-57-45(50)36-32-34-44(49)43(48)33-30-28-26-24-22-16-14-12-10-8-6-4-2/h11-14,17-18,22,24,28,30,41-44,47-49H,3-10,15-16,19-21,23,25-27,29,31-40H2,1-2H3,(H,55,56)(H2,52,53,54)/b13-11-,14-12-,18-17-,24-22-,30-28-/t41-,42+,43?,44?/m0/s1. The summed E-state index contributed by atoms with van der Waals surface area (Å²) >= 11 is 0. The van der Waals surface area contributed by atoms with Crippen molar-refractivity contribution in [2.45, 2.75) is 192 Å². The number of rotatable bonds is 43. The highest BCUT2D eigenvalue weighted by Crippen LogP contribution is 2.43. The van der Waals surface area contributed by atoms with Gasteiger partial charge in [-0.05, 0) is 83.5 Å². The second-order valence-corrected chi connectivity index (χ2v) is 18.3. The Kier molecular flexibility index (Phi) is 39.7. The number of aliphatic hydroxyl groups is 3. The van der Waals surface area contributed by atoms with Gasteiger partial charge in [0.1, 0.15) is 12.7 Å². The molecule has 0 radical (unpaired) electrons. The number of carbonyl (C=O) groups excluding carboxylic acids is 2. The van der Waals surface area contributed by atoms with Crippen LogP contribution in [0, 0.1) is 0 Å². The van der Waals surface area contributed by atoms with Gasteiger partial charge in [0, 0.05) is 12.8 Å². The Labute approximate surface area is 377 Å². The Balaban J connectivity index is 4.73. The van der Waals surface area contributed by atoms with Gasteiger partial charge < -0.3 is 39.5 Å². The van der Waals surface area contributed by atoms with Crippen LogP contribution in [-0.4, -0.2) is 92.8 Å². The van der Waals surface area contributed by atoms with Crippen LogP contribution in [0.15, 0.2) is 60.8 Å². The minimum atomic E-state index is -4.90. The minimum Gasteiger partial charge on any atom is -0.462 e. The molecule has 0 heterocycles. The monoisotopic (exact) mass is 937 g/mol. The van der Waals surface area contributed by atoms with E-state index in [0.29, 0.717) is 12.8 Å². The van der Waals surface area contributed by atoms with Crippen molar-refractivity contribution in [3.05, 3.63) is 60.8 Å². The maximum absolute atomic E-state index is 12.7.